The van der Waals surface area contributed by atoms with Crippen molar-refractivity contribution in [2.75, 3.05) is 6.61 Å². The van der Waals surface area contributed by atoms with Crippen molar-refractivity contribution in [3.63, 3.8) is 0 Å². The average Bonchev–Trinajstić information content (AvgIpc) is 3.18. The third kappa shape index (κ3) is 3.73. The van der Waals surface area contributed by atoms with Gasteiger partial charge in [0.1, 0.15) is 24.9 Å². The third-order valence-corrected chi connectivity index (χ3v) is 5.28. The van der Waals surface area contributed by atoms with Gasteiger partial charge in [0.05, 0.1) is 5.56 Å². The quantitative estimate of drug-likeness (QED) is 0.536. The van der Waals surface area contributed by atoms with E-state index in [2.05, 4.69) is 4.98 Å². The number of nitrogens with zero attached hydrogens (tertiary/aromatic N) is 1. The summed E-state index contributed by atoms with van der Waals surface area (Å²) >= 11 is 0. The van der Waals surface area contributed by atoms with Crippen molar-refractivity contribution in [1.82, 2.24) is 9.55 Å². The summed E-state index contributed by atoms with van der Waals surface area (Å²) in [6, 6.07) is 7.95. The maximum atomic E-state index is 12.4. The third-order valence-electron chi connectivity index (χ3n) is 5.28. The molecule has 0 spiro atoms. The normalized spacial score (nSPS) is 28.8. The van der Waals surface area contributed by atoms with E-state index in [0.717, 1.165) is 22.4 Å². The standard InChI is InChI=1S/C21H22N2O8/c1-12-4-6-13(7-5-12)18(26)28-10-14-16-17(31-20(2,3)30-16)21(11-24,29-14)23-9-8-15(25)22-19(23)27/h4-9,11,14,16-17H,10H2,1-3H3,(H,22,25,27)/t14-,16-,17-,21-/m1/s1. The molecule has 0 unspecified atom stereocenters. The Morgan fingerprint density at radius 3 is 2.52 bits per heavy atom. The zero-order chi connectivity index (χ0) is 22.4. The van der Waals surface area contributed by atoms with E-state index in [4.69, 9.17) is 18.9 Å². The summed E-state index contributed by atoms with van der Waals surface area (Å²) in [4.78, 5) is 50.6. The van der Waals surface area contributed by atoms with Crippen LogP contribution in [0.2, 0.25) is 0 Å². The maximum absolute atomic E-state index is 12.4. The van der Waals surface area contributed by atoms with E-state index in [-0.39, 0.29) is 6.61 Å². The van der Waals surface area contributed by atoms with Crippen LogP contribution in [-0.2, 0) is 29.5 Å². The first-order chi connectivity index (χ1) is 14.6. The molecule has 10 nitrogen and oxygen atoms in total. The second kappa shape index (κ2) is 7.56. The number of nitrogens with one attached hydrogen (secondary N) is 1. The van der Waals surface area contributed by atoms with E-state index in [1.165, 1.54) is 0 Å². The topological polar surface area (TPSA) is 126 Å². The van der Waals surface area contributed by atoms with Gasteiger partial charge in [-0.15, -0.1) is 0 Å². The number of aromatic amines is 1. The van der Waals surface area contributed by atoms with E-state index in [1.807, 2.05) is 6.92 Å². The minimum atomic E-state index is -1.90. The van der Waals surface area contributed by atoms with Crippen LogP contribution in [0.25, 0.3) is 0 Å². The Labute approximate surface area is 176 Å². The van der Waals surface area contributed by atoms with E-state index in [9.17, 15) is 19.2 Å². The summed E-state index contributed by atoms with van der Waals surface area (Å²) in [6.07, 6.45) is -1.12. The molecule has 164 valence electrons. The summed E-state index contributed by atoms with van der Waals surface area (Å²) < 4.78 is 24.0. The summed E-state index contributed by atoms with van der Waals surface area (Å²) in [6.45, 7) is 4.98. The number of benzene rings is 1. The number of hydrogen-bond donors (Lipinski definition) is 1. The summed E-state index contributed by atoms with van der Waals surface area (Å²) in [7, 11) is 0. The van der Waals surface area contributed by atoms with Crippen molar-refractivity contribution in [3.8, 4) is 0 Å². The van der Waals surface area contributed by atoms with Gasteiger partial charge in [-0.1, -0.05) is 17.7 Å². The molecule has 2 aliphatic heterocycles. The van der Waals surface area contributed by atoms with Crippen LogP contribution in [0.3, 0.4) is 0 Å². The maximum Gasteiger partial charge on any atom is 0.338 e. The number of fused-ring (bicyclic) bond motifs is 1. The molecule has 1 aromatic heterocycles. The summed E-state index contributed by atoms with van der Waals surface area (Å²) in [5.41, 5.74) is -2.00. The number of aldehydes is 1. The Hall–Kier alpha value is -3.08. The smallest absolute Gasteiger partial charge is 0.338 e. The minimum Gasteiger partial charge on any atom is -0.459 e. The Morgan fingerprint density at radius 2 is 1.87 bits per heavy atom. The Kier molecular flexibility index (Phi) is 5.16. The first-order valence-electron chi connectivity index (χ1n) is 9.71. The highest BCUT2D eigenvalue weighted by molar-refractivity contribution is 5.89. The van der Waals surface area contributed by atoms with Crippen LogP contribution < -0.4 is 11.2 Å². The van der Waals surface area contributed by atoms with Gasteiger partial charge >= 0.3 is 11.7 Å². The van der Waals surface area contributed by atoms with Crippen LogP contribution in [0, 0.1) is 6.92 Å². The largest absolute Gasteiger partial charge is 0.459 e. The van der Waals surface area contributed by atoms with Crippen LogP contribution in [0.4, 0.5) is 0 Å². The lowest BCUT2D eigenvalue weighted by Gasteiger charge is -2.31. The number of rotatable bonds is 5. The second-order valence-electron chi connectivity index (χ2n) is 7.99. The second-order valence-corrected chi connectivity index (χ2v) is 7.99. The first kappa shape index (κ1) is 21.2. The average molecular weight is 430 g/mol. The predicted molar refractivity (Wildman–Crippen MR) is 106 cm³/mol. The lowest BCUT2D eigenvalue weighted by molar-refractivity contribution is -0.226. The van der Waals surface area contributed by atoms with Gasteiger partial charge in [0.15, 0.2) is 12.1 Å². The van der Waals surface area contributed by atoms with Crippen LogP contribution in [0.1, 0.15) is 29.8 Å². The van der Waals surface area contributed by atoms with Crippen molar-refractivity contribution in [1.29, 1.82) is 0 Å². The highest BCUT2D eigenvalue weighted by atomic mass is 16.8. The van der Waals surface area contributed by atoms with E-state index >= 15 is 0 Å². The molecule has 4 rings (SSSR count). The van der Waals surface area contributed by atoms with Gasteiger partial charge in [-0.25, -0.2) is 9.59 Å². The van der Waals surface area contributed by atoms with Crippen molar-refractivity contribution in [2.45, 2.75) is 50.6 Å². The summed E-state index contributed by atoms with van der Waals surface area (Å²) in [5.74, 6) is -1.64. The van der Waals surface area contributed by atoms with Crippen molar-refractivity contribution in [2.24, 2.45) is 0 Å². The number of H-pyrrole nitrogens is 1. The van der Waals surface area contributed by atoms with Crippen LogP contribution >= 0.6 is 0 Å². The Balaban J connectivity index is 1.63. The molecule has 2 saturated heterocycles. The first-order valence-corrected chi connectivity index (χ1v) is 9.71. The van der Waals surface area contributed by atoms with Gasteiger partial charge in [-0.3, -0.25) is 19.1 Å². The monoisotopic (exact) mass is 430 g/mol. The van der Waals surface area contributed by atoms with Gasteiger partial charge in [-0.05, 0) is 32.9 Å². The number of aryl methyl sites for hydroxylation is 1. The summed E-state index contributed by atoms with van der Waals surface area (Å²) in [5, 5.41) is 0. The van der Waals surface area contributed by atoms with Crippen LogP contribution in [0.15, 0.2) is 46.1 Å². The molecule has 2 aliphatic rings. The zero-order valence-corrected chi connectivity index (χ0v) is 17.2. The van der Waals surface area contributed by atoms with Gasteiger partial charge in [0.25, 0.3) is 5.56 Å². The minimum absolute atomic E-state index is 0.235. The molecule has 2 fully saturated rings. The molecular weight excluding hydrogens is 408 g/mol. The van der Waals surface area contributed by atoms with E-state index < -0.39 is 47.0 Å². The van der Waals surface area contributed by atoms with E-state index in [1.54, 1.807) is 38.1 Å². The predicted octanol–water partition coefficient (Wildman–Crippen LogP) is 0.473. The van der Waals surface area contributed by atoms with Crippen LogP contribution in [0.5, 0.6) is 0 Å². The Bertz CT molecular complexity index is 1120. The number of ether oxygens (including phenoxy) is 4. The fraction of sp³-hybridized carbons (Fsp3) is 0.429. The van der Waals surface area contributed by atoms with Gasteiger partial charge in [0, 0.05) is 12.3 Å². The molecule has 3 heterocycles. The lowest BCUT2D eigenvalue weighted by atomic mass is 10.0. The highest BCUT2D eigenvalue weighted by Gasteiger charge is 2.64. The molecule has 0 radical (unpaired) electrons. The molecule has 31 heavy (non-hydrogen) atoms. The number of esters is 1. The number of aromatic nitrogens is 2. The van der Waals surface area contributed by atoms with Crippen LogP contribution in [-0.4, -0.2) is 52.5 Å². The molecule has 10 heteroatoms. The van der Waals surface area contributed by atoms with Crippen molar-refractivity contribution in [3.05, 3.63) is 68.5 Å². The van der Waals surface area contributed by atoms with Crippen molar-refractivity contribution < 1.29 is 28.5 Å². The number of hydrogen-bond acceptors (Lipinski definition) is 8. The highest BCUT2D eigenvalue weighted by Crippen LogP contribution is 2.45. The molecule has 1 aromatic carbocycles. The Morgan fingerprint density at radius 1 is 1.16 bits per heavy atom. The molecule has 1 N–H and O–H groups in total. The van der Waals surface area contributed by atoms with Gasteiger partial charge in [0.2, 0.25) is 5.72 Å². The van der Waals surface area contributed by atoms with E-state index in [0.29, 0.717) is 11.8 Å². The lowest BCUT2D eigenvalue weighted by Crippen LogP contribution is -2.52. The fourth-order valence-corrected chi connectivity index (χ4v) is 3.85. The number of carbonyl (C=O) groups excluding carboxylic acids is 2. The van der Waals surface area contributed by atoms with Gasteiger partial charge in [-0.2, -0.15) is 0 Å². The molecule has 4 atom stereocenters. The molecular formula is C21H22N2O8. The van der Waals surface area contributed by atoms with Crippen molar-refractivity contribution >= 4 is 12.3 Å². The molecule has 0 saturated carbocycles. The van der Waals surface area contributed by atoms with Gasteiger partial charge < -0.3 is 18.9 Å². The fourth-order valence-electron chi connectivity index (χ4n) is 3.85. The molecule has 0 aliphatic carbocycles. The molecule has 2 aromatic rings. The molecule has 0 bridgehead atoms. The number of carbonyl (C=O) groups is 2. The molecule has 0 amide bonds. The SMILES string of the molecule is Cc1ccc(C(=O)OC[C@H]2O[C@@](C=O)(n3ccc(=O)[nH]c3=O)[C@@H]3OC(C)(C)O[C@@H]32)cc1. The zero-order valence-electron chi connectivity index (χ0n) is 17.2.